The van der Waals surface area contributed by atoms with Gasteiger partial charge in [0, 0.05) is 25.7 Å². The van der Waals surface area contributed by atoms with Gasteiger partial charge in [-0.05, 0) is 18.7 Å². The lowest BCUT2D eigenvalue weighted by Gasteiger charge is -2.14. The molecule has 1 heterocycles. The summed E-state index contributed by atoms with van der Waals surface area (Å²) in [5.74, 6) is 0.536. The Labute approximate surface area is 84.0 Å². The first-order valence-electron chi connectivity index (χ1n) is 4.48. The maximum Gasteiger partial charge on any atom is 0.123 e. The molecule has 0 saturated heterocycles. The Kier molecular flexibility index (Phi) is 3.89. The zero-order chi connectivity index (χ0) is 10.4. The molecule has 4 nitrogen and oxygen atoms in total. The van der Waals surface area contributed by atoms with E-state index in [2.05, 4.69) is 16.0 Å². The van der Waals surface area contributed by atoms with E-state index in [9.17, 15) is 0 Å². The lowest BCUT2D eigenvalue weighted by atomic mass is 10.2. The summed E-state index contributed by atoms with van der Waals surface area (Å²) >= 11 is 0. The third-order valence-corrected chi connectivity index (χ3v) is 1.91. The summed E-state index contributed by atoms with van der Waals surface area (Å²) in [5.41, 5.74) is 6.58. The van der Waals surface area contributed by atoms with Crippen LogP contribution in [0.1, 0.15) is 12.0 Å². The van der Waals surface area contributed by atoms with Gasteiger partial charge in [-0.1, -0.05) is 6.07 Å². The molecule has 0 aliphatic carbocycles. The molecular formula is C10H14N4. The van der Waals surface area contributed by atoms with E-state index in [1.165, 1.54) is 0 Å². The van der Waals surface area contributed by atoms with Gasteiger partial charge in [0.2, 0.25) is 0 Å². The Morgan fingerprint density at radius 2 is 2.36 bits per heavy atom. The summed E-state index contributed by atoms with van der Waals surface area (Å²) in [6.07, 6.45) is 2.32. The van der Waals surface area contributed by atoms with Crippen molar-refractivity contribution in [3.63, 3.8) is 0 Å². The first kappa shape index (κ1) is 10.5. The van der Waals surface area contributed by atoms with E-state index < -0.39 is 0 Å². The molecule has 0 aliphatic rings. The van der Waals surface area contributed by atoms with E-state index in [0.717, 1.165) is 18.7 Å². The molecule has 0 amide bonds. The highest BCUT2D eigenvalue weighted by molar-refractivity contribution is 5.29. The van der Waals surface area contributed by atoms with Crippen LogP contribution >= 0.6 is 0 Å². The van der Waals surface area contributed by atoms with Crippen molar-refractivity contribution in [3.8, 4) is 6.07 Å². The van der Waals surface area contributed by atoms with Crippen LogP contribution in [0.2, 0.25) is 0 Å². The maximum atomic E-state index is 8.41. The average Bonchev–Trinajstić information content (AvgIpc) is 2.18. The Balaban J connectivity index is 2.44. The van der Waals surface area contributed by atoms with Gasteiger partial charge in [-0.25, -0.2) is 4.98 Å². The number of aromatic nitrogens is 1. The number of nitrogens with two attached hydrogens (primary N) is 1. The normalized spacial score (nSPS) is 10.1. The van der Waals surface area contributed by atoms with E-state index >= 15 is 0 Å². The number of hydrogen-bond acceptors (Lipinski definition) is 4. The fraction of sp³-hybridized carbons (Fsp3) is 0.400. The molecule has 0 atom stereocenters. The predicted molar refractivity (Wildman–Crippen MR) is 55.2 cm³/mol. The second-order valence-corrected chi connectivity index (χ2v) is 3.24. The molecule has 0 spiro atoms. The molecule has 0 saturated carbocycles. The van der Waals surface area contributed by atoms with Crippen LogP contribution in [0.15, 0.2) is 18.3 Å². The van der Waals surface area contributed by atoms with E-state index in [1.807, 2.05) is 13.1 Å². The zero-order valence-corrected chi connectivity index (χ0v) is 8.27. The molecule has 14 heavy (non-hydrogen) atoms. The number of rotatable bonds is 4. The highest BCUT2D eigenvalue weighted by Crippen LogP contribution is 2.04. The third kappa shape index (κ3) is 3.42. The molecule has 1 aromatic rings. The number of anilines is 1. The summed E-state index contributed by atoms with van der Waals surface area (Å²) in [5, 5.41) is 8.41. The minimum absolute atomic E-state index is 0.536. The van der Waals surface area contributed by atoms with E-state index in [-0.39, 0.29) is 0 Å². The van der Waals surface area contributed by atoms with Crippen molar-refractivity contribution < 1.29 is 0 Å². The largest absolute Gasteiger partial charge is 0.384 e. The standard InChI is InChI=1S/C10H14N4/c1-14(6-2-5-11)8-9-3-4-10(12)13-7-9/h3-4,7H,2,6,8H2,1H3,(H2,12,13). The van der Waals surface area contributed by atoms with Gasteiger partial charge in [0.05, 0.1) is 6.07 Å². The molecule has 0 bridgehead atoms. The van der Waals surface area contributed by atoms with Gasteiger partial charge >= 0.3 is 0 Å². The quantitative estimate of drug-likeness (QED) is 0.769. The first-order valence-corrected chi connectivity index (χ1v) is 4.48. The molecule has 1 aromatic heterocycles. The van der Waals surface area contributed by atoms with Crippen molar-refractivity contribution in [1.29, 1.82) is 5.26 Å². The number of pyridine rings is 1. The van der Waals surface area contributed by atoms with Crippen LogP contribution in [0.25, 0.3) is 0 Å². The number of nitrogens with zero attached hydrogens (tertiary/aromatic N) is 3. The fourth-order valence-electron chi connectivity index (χ4n) is 1.16. The monoisotopic (exact) mass is 190 g/mol. The maximum absolute atomic E-state index is 8.41. The van der Waals surface area contributed by atoms with Gasteiger partial charge in [0.1, 0.15) is 5.82 Å². The Morgan fingerprint density at radius 3 is 2.93 bits per heavy atom. The van der Waals surface area contributed by atoms with Crippen LogP contribution in [0, 0.1) is 11.3 Å². The van der Waals surface area contributed by atoms with Crippen LogP contribution in [-0.2, 0) is 6.54 Å². The van der Waals surface area contributed by atoms with Gasteiger partial charge in [-0.15, -0.1) is 0 Å². The minimum atomic E-state index is 0.536. The summed E-state index contributed by atoms with van der Waals surface area (Å²) in [6.45, 7) is 1.58. The summed E-state index contributed by atoms with van der Waals surface area (Å²) in [7, 11) is 1.98. The van der Waals surface area contributed by atoms with E-state index in [1.54, 1.807) is 12.3 Å². The number of hydrogen-bond donors (Lipinski definition) is 1. The second kappa shape index (κ2) is 5.20. The van der Waals surface area contributed by atoms with E-state index in [4.69, 9.17) is 11.0 Å². The predicted octanol–water partition coefficient (Wildman–Crippen LogP) is 1.01. The molecule has 0 aliphatic heterocycles. The lowest BCUT2D eigenvalue weighted by molar-refractivity contribution is 0.334. The lowest BCUT2D eigenvalue weighted by Crippen LogP contribution is -2.18. The van der Waals surface area contributed by atoms with Gasteiger partial charge in [-0.2, -0.15) is 5.26 Å². The Hall–Kier alpha value is -1.60. The molecule has 2 N–H and O–H groups in total. The van der Waals surface area contributed by atoms with Crippen molar-refractivity contribution in [1.82, 2.24) is 9.88 Å². The molecule has 0 unspecified atom stereocenters. The van der Waals surface area contributed by atoms with E-state index in [0.29, 0.717) is 12.2 Å². The Morgan fingerprint density at radius 1 is 1.57 bits per heavy atom. The summed E-state index contributed by atoms with van der Waals surface area (Å²) < 4.78 is 0. The highest BCUT2D eigenvalue weighted by Gasteiger charge is 1.99. The van der Waals surface area contributed by atoms with Crippen molar-refractivity contribution in [2.75, 3.05) is 19.3 Å². The second-order valence-electron chi connectivity index (χ2n) is 3.24. The molecule has 0 aromatic carbocycles. The van der Waals surface area contributed by atoms with Crippen LogP contribution in [-0.4, -0.2) is 23.5 Å². The SMILES string of the molecule is CN(CCC#N)Cc1ccc(N)nc1. The smallest absolute Gasteiger partial charge is 0.123 e. The molecule has 74 valence electrons. The molecule has 4 heteroatoms. The van der Waals surface area contributed by atoms with Crippen molar-refractivity contribution in [2.45, 2.75) is 13.0 Å². The van der Waals surface area contributed by atoms with Gasteiger partial charge in [0.15, 0.2) is 0 Å². The van der Waals surface area contributed by atoms with Crippen molar-refractivity contribution >= 4 is 5.82 Å². The molecule has 1 rings (SSSR count). The Bertz CT molecular complexity index is 312. The van der Waals surface area contributed by atoms with Crippen LogP contribution < -0.4 is 5.73 Å². The molecule has 0 fully saturated rings. The molecular weight excluding hydrogens is 176 g/mol. The molecule has 0 radical (unpaired) electrons. The van der Waals surface area contributed by atoms with Crippen LogP contribution in [0.5, 0.6) is 0 Å². The average molecular weight is 190 g/mol. The fourth-order valence-corrected chi connectivity index (χ4v) is 1.16. The minimum Gasteiger partial charge on any atom is -0.384 e. The van der Waals surface area contributed by atoms with Crippen LogP contribution in [0.4, 0.5) is 5.82 Å². The zero-order valence-electron chi connectivity index (χ0n) is 8.27. The third-order valence-electron chi connectivity index (χ3n) is 1.91. The van der Waals surface area contributed by atoms with Crippen molar-refractivity contribution in [2.24, 2.45) is 0 Å². The summed E-state index contributed by atoms with van der Waals surface area (Å²) in [6, 6.07) is 5.85. The number of nitrogen functional groups attached to an aromatic ring is 1. The highest BCUT2D eigenvalue weighted by atomic mass is 15.1. The van der Waals surface area contributed by atoms with Crippen molar-refractivity contribution in [3.05, 3.63) is 23.9 Å². The van der Waals surface area contributed by atoms with Gasteiger partial charge in [0.25, 0.3) is 0 Å². The first-order chi connectivity index (χ1) is 6.72. The summed E-state index contributed by atoms with van der Waals surface area (Å²) in [4.78, 5) is 6.08. The topological polar surface area (TPSA) is 65.9 Å². The van der Waals surface area contributed by atoms with Gasteiger partial charge in [-0.3, -0.25) is 0 Å². The van der Waals surface area contributed by atoms with Gasteiger partial charge < -0.3 is 10.6 Å². The number of nitriles is 1. The van der Waals surface area contributed by atoms with Crippen LogP contribution in [0.3, 0.4) is 0 Å².